The molecule has 5 rings (SSSR count). The number of pyridine rings is 1. The summed E-state index contributed by atoms with van der Waals surface area (Å²) in [6.07, 6.45) is 9.04. The molecule has 0 atom stereocenters. The van der Waals surface area contributed by atoms with Crippen molar-refractivity contribution in [1.82, 2.24) is 14.9 Å². The van der Waals surface area contributed by atoms with Crippen LogP contribution >= 0.6 is 0 Å². The molecule has 0 radical (unpaired) electrons. The topological polar surface area (TPSA) is 101 Å². The zero-order chi connectivity index (χ0) is 26.2. The second kappa shape index (κ2) is 12.2. The van der Waals surface area contributed by atoms with Crippen LogP contribution in [0.2, 0.25) is 0 Å². The third-order valence-electron chi connectivity index (χ3n) is 6.48. The molecular formula is C30H33N7O. The van der Waals surface area contributed by atoms with Gasteiger partial charge in [0.2, 0.25) is 5.90 Å². The van der Waals surface area contributed by atoms with Gasteiger partial charge in [0.1, 0.15) is 11.6 Å². The van der Waals surface area contributed by atoms with Crippen molar-refractivity contribution in [2.45, 2.75) is 25.8 Å². The van der Waals surface area contributed by atoms with E-state index in [9.17, 15) is 0 Å². The number of aromatic amines is 1. The van der Waals surface area contributed by atoms with Crippen molar-refractivity contribution in [2.24, 2.45) is 4.99 Å². The van der Waals surface area contributed by atoms with Crippen LogP contribution in [0.4, 0.5) is 17.2 Å². The van der Waals surface area contributed by atoms with E-state index in [1.165, 1.54) is 19.3 Å². The number of fused-ring (bicyclic) bond motifs is 1. The first-order valence-electron chi connectivity index (χ1n) is 13.0. The van der Waals surface area contributed by atoms with E-state index in [4.69, 9.17) is 15.1 Å². The molecule has 8 nitrogen and oxygen atoms in total. The van der Waals surface area contributed by atoms with Gasteiger partial charge in [0.15, 0.2) is 0 Å². The van der Waals surface area contributed by atoms with Crippen molar-refractivity contribution < 1.29 is 4.74 Å². The van der Waals surface area contributed by atoms with E-state index in [1.807, 2.05) is 36.4 Å². The number of nitrogens with zero attached hydrogens (tertiary/aromatic N) is 3. The summed E-state index contributed by atoms with van der Waals surface area (Å²) in [5.41, 5.74) is 4.48. The van der Waals surface area contributed by atoms with Crippen LogP contribution in [0.25, 0.3) is 10.9 Å². The van der Waals surface area contributed by atoms with Gasteiger partial charge in [-0.25, -0.2) is 4.99 Å². The van der Waals surface area contributed by atoms with E-state index in [0.717, 1.165) is 47.6 Å². The average Bonchev–Trinajstić information content (AvgIpc) is 3.41. The Morgan fingerprint density at radius 2 is 1.97 bits per heavy atom. The minimum atomic E-state index is 0.0106. The molecule has 2 aromatic heterocycles. The Bertz CT molecular complexity index is 1440. The first kappa shape index (κ1) is 25.2. The molecule has 8 heteroatoms. The summed E-state index contributed by atoms with van der Waals surface area (Å²) in [6, 6.07) is 19.6. The molecule has 0 spiro atoms. The van der Waals surface area contributed by atoms with Crippen LogP contribution in [0.15, 0.2) is 84.5 Å². The van der Waals surface area contributed by atoms with E-state index in [0.29, 0.717) is 23.7 Å². The molecule has 1 aliphatic heterocycles. The van der Waals surface area contributed by atoms with E-state index < -0.39 is 0 Å². The molecule has 0 aliphatic carbocycles. The normalized spacial score (nSPS) is 14.0. The zero-order valence-electron chi connectivity index (χ0n) is 21.4. The maximum Gasteiger partial charge on any atom is 0.223 e. The maximum absolute atomic E-state index is 8.44. The first-order valence-corrected chi connectivity index (χ1v) is 13.0. The number of hydrogen-bond acceptors (Lipinski definition) is 6. The van der Waals surface area contributed by atoms with Crippen LogP contribution in [0.1, 0.15) is 30.5 Å². The number of aliphatic imine (C=N–C) groups is 1. The van der Waals surface area contributed by atoms with Gasteiger partial charge < -0.3 is 20.4 Å². The maximum atomic E-state index is 8.44. The number of likely N-dealkylation sites (tertiary alicyclic amines) is 1. The molecule has 4 aromatic rings. The molecule has 0 saturated carbocycles. The highest BCUT2D eigenvalue weighted by atomic mass is 16.5. The lowest BCUT2D eigenvalue weighted by molar-refractivity contribution is 0.219. The average molecular weight is 508 g/mol. The number of ether oxygens (including phenoxy) is 1. The summed E-state index contributed by atoms with van der Waals surface area (Å²) >= 11 is 0. The number of rotatable bonds is 10. The summed E-state index contributed by atoms with van der Waals surface area (Å²) in [5, 5.41) is 16.0. The van der Waals surface area contributed by atoms with Crippen LogP contribution in [0.5, 0.6) is 5.75 Å². The monoisotopic (exact) mass is 507 g/mol. The third kappa shape index (κ3) is 6.46. The summed E-state index contributed by atoms with van der Waals surface area (Å²) < 4.78 is 5.78. The number of hydrogen-bond donors (Lipinski definition) is 4. The number of anilines is 2. The van der Waals surface area contributed by atoms with Gasteiger partial charge in [-0.3, -0.25) is 15.3 Å². The number of nitrogens with one attached hydrogen (secondary N) is 4. The molecular weight excluding hydrogens is 474 g/mol. The van der Waals surface area contributed by atoms with Crippen LogP contribution in [-0.2, 0) is 6.54 Å². The van der Waals surface area contributed by atoms with Gasteiger partial charge in [0, 0.05) is 42.1 Å². The zero-order valence-corrected chi connectivity index (χ0v) is 21.4. The predicted molar refractivity (Wildman–Crippen MR) is 156 cm³/mol. The van der Waals surface area contributed by atoms with E-state index in [1.54, 1.807) is 24.7 Å². The van der Waals surface area contributed by atoms with Crippen LogP contribution in [-0.4, -0.2) is 46.7 Å². The Morgan fingerprint density at radius 3 is 2.84 bits per heavy atom. The standard InChI is InChI=1S/C30H33N7O/c1-2-14-32-23-7-6-8-26(19-23)38-29(31)27-13-15-33-30(27)35-21-34-24-11-12-28-22(18-24)9-10-25(36-28)20-37-16-4-3-5-17-37/h2,6-13,15,18-19,21,31-33H,1,3-5,14,16-17,20H2,(H,34,35). The molecule has 0 bridgehead atoms. The Balaban J connectivity index is 1.20. The highest BCUT2D eigenvalue weighted by Gasteiger charge is 2.12. The lowest BCUT2D eigenvalue weighted by atomic mass is 10.1. The quantitative estimate of drug-likeness (QED) is 0.114. The Hall–Kier alpha value is -4.43. The highest BCUT2D eigenvalue weighted by Crippen LogP contribution is 2.23. The number of benzene rings is 2. The summed E-state index contributed by atoms with van der Waals surface area (Å²) in [5.74, 6) is 1.12. The number of aromatic nitrogens is 2. The lowest BCUT2D eigenvalue weighted by Gasteiger charge is -2.26. The molecule has 0 amide bonds. The van der Waals surface area contributed by atoms with Crippen LogP contribution < -0.4 is 15.4 Å². The van der Waals surface area contributed by atoms with Crippen molar-refractivity contribution in [3.05, 3.63) is 90.8 Å². The fraction of sp³-hybridized carbons (Fsp3) is 0.233. The van der Waals surface area contributed by atoms with Crippen LogP contribution in [0.3, 0.4) is 0 Å². The third-order valence-corrected chi connectivity index (χ3v) is 6.48. The molecule has 0 unspecified atom stereocenters. The fourth-order valence-electron chi connectivity index (χ4n) is 4.55. The minimum Gasteiger partial charge on any atom is -0.439 e. The van der Waals surface area contributed by atoms with Crippen molar-refractivity contribution in [3.8, 4) is 5.75 Å². The summed E-state index contributed by atoms with van der Waals surface area (Å²) in [7, 11) is 0. The molecule has 1 aliphatic rings. The first-order chi connectivity index (χ1) is 18.7. The number of piperidine rings is 1. The summed E-state index contributed by atoms with van der Waals surface area (Å²) in [4.78, 5) is 14.9. The molecule has 38 heavy (non-hydrogen) atoms. The lowest BCUT2D eigenvalue weighted by Crippen LogP contribution is -2.29. The van der Waals surface area contributed by atoms with Crippen LogP contribution in [0, 0.1) is 5.41 Å². The van der Waals surface area contributed by atoms with Gasteiger partial charge >= 0.3 is 0 Å². The smallest absolute Gasteiger partial charge is 0.223 e. The Kier molecular flexibility index (Phi) is 8.10. The second-order valence-electron chi connectivity index (χ2n) is 9.32. The fourth-order valence-corrected chi connectivity index (χ4v) is 4.55. The SMILES string of the molecule is C=CCNc1cccc(OC(=N)c2cc[nH]c2/N=C/Nc2ccc3nc(CN4CCCCC4)ccc3c2)c1. The van der Waals surface area contributed by atoms with Crippen molar-refractivity contribution in [1.29, 1.82) is 5.41 Å². The van der Waals surface area contributed by atoms with Crippen molar-refractivity contribution >= 4 is 40.3 Å². The van der Waals surface area contributed by atoms with E-state index in [2.05, 4.69) is 50.3 Å². The van der Waals surface area contributed by atoms with Gasteiger partial charge in [-0.05, 0) is 68.4 Å². The van der Waals surface area contributed by atoms with Gasteiger partial charge in [-0.1, -0.05) is 24.6 Å². The molecule has 4 N–H and O–H groups in total. The summed E-state index contributed by atoms with van der Waals surface area (Å²) in [6.45, 7) is 7.61. The predicted octanol–water partition coefficient (Wildman–Crippen LogP) is 6.32. The van der Waals surface area contributed by atoms with Crippen molar-refractivity contribution in [2.75, 3.05) is 30.3 Å². The van der Waals surface area contributed by atoms with Gasteiger partial charge in [0.05, 0.1) is 23.1 Å². The van der Waals surface area contributed by atoms with E-state index >= 15 is 0 Å². The highest BCUT2D eigenvalue weighted by molar-refractivity contribution is 5.98. The number of H-pyrrole nitrogens is 1. The molecule has 3 heterocycles. The molecule has 2 aromatic carbocycles. The molecule has 1 saturated heterocycles. The van der Waals surface area contributed by atoms with Gasteiger partial charge in [-0.15, -0.1) is 6.58 Å². The van der Waals surface area contributed by atoms with Gasteiger partial charge in [-0.2, -0.15) is 0 Å². The van der Waals surface area contributed by atoms with Crippen molar-refractivity contribution in [3.63, 3.8) is 0 Å². The minimum absolute atomic E-state index is 0.0106. The largest absolute Gasteiger partial charge is 0.439 e. The molecule has 194 valence electrons. The van der Waals surface area contributed by atoms with Gasteiger partial charge in [0.25, 0.3) is 0 Å². The second-order valence-corrected chi connectivity index (χ2v) is 9.32. The molecule has 1 fully saturated rings. The Labute approximate surface area is 223 Å². The Morgan fingerprint density at radius 1 is 1.08 bits per heavy atom. The van der Waals surface area contributed by atoms with E-state index in [-0.39, 0.29) is 5.90 Å².